The van der Waals surface area contributed by atoms with Crippen molar-refractivity contribution >= 4 is 62.3 Å². The molecule has 0 unspecified atom stereocenters. The molecule has 1 aromatic carbocycles. The molecule has 7 N–H and O–H groups in total. The number of allylic oxidation sites excluding steroid dienone is 2. The van der Waals surface area contributed by atoms with Gasteiger partial charge in [-0.2, -0.15) is 13.9 Å². The molecule has 0 aliphatic rings. The summed E-state index contributed by atoms with van der Waals surface area (Å²) < 4.78 is 39.7. The highest BCUT2D eigenvalue weighted by molar-refractivity contribution is 7.20. The second-order valence-corrected chi connectivity index (χ2v) is 10.9. The molecule has 0 aliphatic heterocycles. The second-order valence-electron chi connectivity index (χ2n) is 9.89. The van der Waals surface area contributed by atoms with E-state index < -0.39 is 30.9 Å². The van der Waals surface area contributed by atoms with Gasteiger partial charge in [0.15, 0.2) is 0 Å². The first-order valence-electron chi connectivity index (χ1n) is 13.9. The number of halogens is 2. The summed E-state index contributed by atoms with van der Waals surface area (Å²) in [7, 11) is 0. The number of ether oxygens (including phenoxy) is 2. The normalized spacial score (nSPS) is 11.8. The molecule has 0 saturated heterocycles. The van der Waals surface area contributed by atoms with Gasteiger partial charge in [0.1, 0.15) is 33.9 Å². The van der Waals surface area contributed by atoms with Crippen LogP contribution in [0, 0.1) is 6.92 Å². The molecule has 242 valence electrons. The lowest BCUT2D eigenvalue weighted by Crippen LogP contribution is -2.19. The zero-order chi connectivity index (χ0) is 33.1. The molecule has 0 fully saturated rings. The summed E-state index contributed by atoms with van der Waals surface area (Å²) in [6, 6.07) is 6.07. The number of amides is 3. The summed E-state index contributed by atoms with van der Waals surface area (Å²) in [6.45, 7) is 0.981. The fourth-order valence-corrected chi connectivity index (χ4v) is 5.73. The third-order valence-electron chi connectivity index (χ3n) is 6.77. The summed E-state index contributed by atoms with van der Waals surface area (Å²) in [5.41, 5.74) is 19.5. The zero-order valence-corrected chi connectivity index (χ0v) is 25.5. The van der Waals surface area contributed by atoms with Crippen molar-refractivity contribution in [3.05, 3.63) is 58.2 Å². The Bertz CT molecular complexity index is 1980. The second kappa shape index (κ2) is 13.3. The molecule has 0 saturated carbocycles. The predicted molar refractivity (Wildman–Crippen MR) is 166 cm³/mol. The first-order valence-corrected chi connectivity index (χ1v) is 14.7. The molecule has 0 radical (unpaired) electrons. The molecule has 18 heteroatoms. The fraction of sp³-hybridized carbons (Fsp3) is 0.286. The topological polar surface area (TPSA) is 213 Å². The van der Waals surface area contributed by atoms with E-state index in [1.54, 1.807) is 45.0 Å². The Labute approximate surface area is 263 Å². The number of nitrogens with one attached hydrogen (secondary N) is 1. The Morgan fingerprint density at radius 3 is 2.43 bits per heavy atom. The molecular weight excluding hydrogens is 626 g/mol. The monoisotopic (exact) mass is 656 g/mol. The minimum atomic E-state index is -2.96. The SMILES string of the molecule is CCn1nc(C)cc1C(=O)Nc1nc2cc(C(N)=O)sc2n1C/C=C/Cn1c(N)nc2cc(C(N)=O)cc(OCCOC(F)F)c21. The van der Waals surface area contributed by atoms with Gasteiger partial charge in [0.25, 0.3) is 11.8 Å². The first-order chi connectivity index (χ1) is 22.0. The quantitative estimate of drug-likeness (QED) is 0.102. The number of rotatable bonds is 14. The van der Waals surface area contributed by atoms with E-state index in [-0.39, 0.29) is 42.9 Å². The lowest BCUT2D eigenvalue weighted by atomic mass is 10.1. The van der Waals surface area contributed by atoms with Crippen molar-refractivity contribution in [2.45, 2.75) is 40.1 Å². The van der Waals surface area contributed by atoms with E-state index in [1.807, 2.05) is 6.92 Å². The van der Waals surface area contributed by atoms with Crippen LogP contribution in [0.15, 0.2) is 36.4 Å². The van der Waals surface area contributed by atoms with Crippen LogP contribution in [-0.2, 0) is 24.4 Å². The van der Waals surface area contributed by atoms with Crippen molar-refractivity contribution in [2.75, 3.05) is 24.3 Å². The third-order valence-corrected chi connectivity index (χ3v) is 7.93. The molecule has 0 spiro atoms. The number of hydrogen-bond donors (Lipinski definition) is 4. The number of carbonyl (C=O) groups excluding carboxylic acids is 3. The standard InChI is InChI=1S/C28H30F2N10O5S/c1-3-40-18(10-14(2)37-40)24(43)36-28-35-17-13-20(23(32)42)46-25(17)39(28)7-5-4-6-38-21-16(34-27(38)33)11-15(22(31)41)12-19(21)44-8-9-45-26(29)30/h4-5,10-13,26H,3,6-9H2,1-2H3,(H2,31,41)(H2,32,42)(H2,33,34)(H,35,36,43)/b5-4+. The summed E-state index contributed by atoms with van der Waals surface area (Å²) in [4.78, 5) is 46.7. The maximum atomic E-state index is 13.2. The van der Waals surface area contributed by atoms with E-state index in [9.17, 15) is 23.2 Å². The number of alkyl halides is 2. The van der Waals surface area contributed by atoms with Gasteiger partial charge in [0.05, 0.1) is 22.7 Å². The molecule has 5 aromatic rings. The maximum Gasteiger partial charge on any atom is 0.345 e. The summed E-state index contributed by atoms with van der Waals surface area (Å²) in [6.07, 6.45) is 3.57. The first kappa shape index (κ1) is 32.0. The van der Waals surface area contributed by atoms with E-state index in [0.717, 1.165) is 11.3 Å². The average molecular weight is 657 g/mol. The van der Waals surface area contributed by atoms with Gasteiger partial charge in [-0.1, -0.05) is 12.2 Å². The van der Waals surface area contributed by atoms with E-state index in [0.29, 0.717) is 44.2 Å². The smallest absolute Gasteiger partial charge is 0.345 e. The number of anilines is 2. The van der Waals surface area contributed by atoms with Crippen LogP contribution in [0.4, 0.5) is 20.7 Å². The number of fused-ring (bicyclic) bond motifs is 2. The molecule has 0 atom stereocenters. The van der Waals surface area contributed by atoms with Crippen molar-refractivity contribution in [3.63, 3.8) is 0 Å². The van der Waals surface area contributed by atoms with E-state index in [2.05, 4.69) is 25.1 Å². The van der Waals surface area contributed by atoms with Gasteiger partial charge in [0, 0.05) is 25.2 Å². The summed E-state index contributed by atoms with van der Waals surface area (Å²) in [5, 5.41) is 7.16. The molecule has 0 aliphatic carbocycles. The molecular formula is C28H30F2N10O5S. The van der Waals surface area contributed by atoms with Gasteiger partial charge < -0.3 is 31.2 Å². The number of aromatic nitrogens is 6. The number of benzene rings is 1. The molecule has 0 bridgehead atoms. The Hall–Kier alpha value is -5.36. The van der Waals surface area contributed by atoms with Crippen molar-refractivity contribution < 1.29 is 32.6 Å². The van der Waals surface area contributed by atoms with Crippen molar-refractivity contribution in [1.82, 2.24) is 28.9 Å². The molecule has 4 heterocycles. The third kappa shape index (κ3) is 6.66. The highest BCUT2D eigenvalue weighted by Crippen LogP contribution is 2.31. The molecule has 46 heavy (non-hydrogen) atoms. The fourth-order valence-electron chi connectivity index (χ4n) is 4.77. The number of nitrogens with zero attached hydrogens (tertiary/aromatic N) is 6. The molecule has 15 nitrogen and oxygen atoms in total. The van der Waals surface area contributed by atoms with Crippen LogP contribution in [0.25, 0.3) is 21.4 Å². The minimum Gasteiger partial charge on any atom is -0.489 e. The van der Waals surface area contributed by atoms with Crippen LogP contribution in [0.2, 0.25) is 0 Å². The van der Waals surface area contributed by atoms with Crippen molar-refractivity contribution in [3.8, 4) is 5.75 Å². The predicted octanol–water partition coefficient (Wildman–Crippen LogP) is 2.88. The van der Waals surface area contributed by atoms with Crippen LogP contribution in [-0.4, -0.2) is 66.4 Å². The van der Waals surface area contributed by atoms with Crippen LogP contribution >= 0.6 is 11.3 Å². The average Bonchev–Trinajstić information content (AvgIpc) is 3.74. The molecule has 5 rings (SSSR count). The molecule has 3 amide bonds. The van der Waals surface area contributed by atoms with Gasteiger partial charge >= 0.3 is 6.61 Å². The number of thiophene rings is 1. The van der Waals surface area contributed by atoms with Crippen LogP contribution in [0.1, 0.15) is 43.1 Å². The number of nitrogen functional groups attached to an aromatic ring is 1. The Kier molecular flexibility index (Phi) is 9.28. The lowest BCUT2D eigenvalue weighted by molar-refractivity contribution is -0.133. The number of imidazole rings is 2. The van der Waals surface area contributed by atoms with Crippen molar-refractivity contribution in [2.24, 2.45) is 11.5 Å². The van der Waals surface area contributed by atoms with Crippen LogP contribution < -0.4 is 27.3 Å². The minimum absolute atomic E-state index is 0.0968. The summed E-state index contributed by atoms with van der Waals surface area (Å²) in [5.74, 6) is -1.23. The van der Waals surface area contributed by atoms with E-state index in [4.69, 9.17) is 21.9 Å². The van der Waals surface area contributed by atoms with Crippen LogP contribution in [0.3, 0.4) is 0 Å². The Balaban J connectivity index is 1.42. The maximum absolute atomic E-state index is 13.2. The number of aryl methyl sites for hydroxylation is 2. The number of primary amides is 2. The Morgan fingerprint density at radius 1 is 1.02 bits per heavy atom. The molecule has 4 aromatic heterocycles. The number of carbonyl (C=O) groups is 3. The Morgan fingerprint density at radius 2 is 1.76 bits per heavy atom. The van der Waals surface area contributed by atoms with Crippen LogP contribution in [0.5, 0.6) is 5.75 Å². The highest BCUT2D eigenvalue weighted by atomic mass is 32.1. The van der Waals surface area contributed by atoms with Crippen molar-refractivity contribution in [1.29, 1.82) is 0 Å². The zero-order valence-electron chi connectivity index (χ0n) is 24.7. The number of hydrogen-bond acceptors (Lipinski definition) is 10. The lowest BCUT2D eigenvalue weighted by Gasteiger charge is -2.12. The van der Waals surface area contributed by atoms with Gasteiger partial charge in [-0.3, -0.25) is 28.9 Å². The van der Waals surface area contributed by atoms with Gasteiger partial charge in [-0.15, -0.1) is 11.3 Å². The highest BCUT2D eigenvalue weighted by Gasteiger charge is 2.21. The number of nitrogens with two attached hydrogens (primary N) is 3. The largest absolute Gasteiger partial charge is 0.489 e. The van der Waals surface area contributed by atoms with Gasteiger partial charge in [0.2, 0.25) is 17.8 Å². The van der Waals surface area contributed by atoms with E-state index in [1.165, 1.54) is 12.1 Å². The van der Waals surface area contributed by atoms with Gasteiger partial charge in [-0.05, 0) is 38.1 Å². The van der Waals surface area contributed by atoms with Gasteiger partial charge in [-0.25, -0.2) is 9.97 Å². The summed E-state index contributed by atoms with van der Waals surface area (Å²) >= 11 is 1.14. The van der Waals surface area contributed by atoms with E-state index >= 15 is 0 Å².